The van der Waals surface area contributed by atoms with Crippen molar-refractivity contribution >= 4 is 28.6 Å². The quantitative estimate of drug-likeness (QED) is 0.864. The number of thiazole rings is 1. The Balaban J connectivity index is 1.62. The number of nitrogens with zero attached hydrogens (tertiary/aromatic N) is 3. The van der Waals surface area contributed by atoms with Crippen LogP contribution in [0, 0.1) is 13.8 Å². The summed E-state index contributed by atoms with van der Waals surface area (Å²) < 4.78 is 0. The standard InChI is InChI=1S/C16H21N3OS2/c1-12-8-15(13(2)22-12)16(20)19-5-3-4-18(6-7-19)9-14-10-21-11-17-14/h8,10-11H,3-7,9H2,1-2H3. The van der Waals surface area contributed by atoms with Crippen molar-refractivity contribution in [2.45, 2.75) is 26.8 Å². The molecule has 6 heteroatoms. The molecule has 2 aromatic heterocycles. The van der Waals surface area contributed by atoms with E-state index < -0.39 is 0 Å². The molecule has 0 aromatic carbocycles. The van der Waals surface area contributed by atoms with E-state index in [0.717, 1.165) is 55.3 Å². The van der Waals surface area contributed by atoms with Crippen LogP contribution in [-0.2, 0) is 6.54 Å². The molecule has 1 amide bonds. The van der Waals surface area contributed by atoms with E-state index in [9.17, 15) is 4.79 Å². The van der Waals surface area contributed by atoms with Gasteiger partial charge in [-0.3, -0.25) is 9.69 Å². The Morgan fingerprint density at radius 3 is 2.82 bits per heavy atom. The van der Waals surface area contributed by atoms with Gasteiger partial charge in [0.15, 0.2) is 0 Å². The predicted molar refractivity (Wildman–Crippen MR) is 91.7 cm³/mol. The molecule has 1 fully saturated rings. The van der Waals surface area contributed by atoms with Gasteiger partial charge in [-0.05, 0) is 26.3 Å². The zero-order valence-corrected chi connectivity index (χ0v) is 14.7. The van der Waals surface area contributed by atoms with Crippen molar-refractivity contribution in [3.63, 3.8) is 0 Å². The van der Waals surface area contributed by atoms with Gasteiger partial charge in [-0.15, -0.1) is 22.7 Å². The third-order valence-corrected chi connectivity index (χ3v) is 5.62. The number of carbonyl (C=O) groups excluding carboxylic acids is 1. The number of thiophene rings is 1. The highest BCUT2D eigenvalue weighted by Gasteiger charge is 2.22. The number of aryl methyl sites for hydroxylation is 2. The Kier molecular flexibility index (Phi) is 4.90. The van der Waals surface area contributed by atoms with Crippen LogP contribution in [0.5, 0.6) is 0 Å². The molecule has 0 saturated carbocycles. The second-order valence-corrected chi connectivity index (χ2v) is 7.91. The van der Waals surface area contributed by atoms with Gasteiger partial charge in [0, 0.05) is 47.9 Å². The molecule has 0 atom stereocenters. The number of hydrogen-bond acceptors (Lipinski definition) is 5. The molecule has 0 unspecified atom stereocenters. The smallest absolute Gasteiger partial charge is 0.255 e. The Morgan fingerprint density at radius 1 is 1.27 bits per heavy atom. The van der Waals surface area contributed by atoms with E-state index in [0.29, 0.717) is 0 Å². The van der Waals surface area contributed by atoms with Crippen LogP contribution in [0.25, 0.3) is 0 Å². The molecule has 118 valence electrons. The van der Waals surface area contributed by atoms with E-state index in [2.05, 4.69) is 22.2 Å². The average molecular weight is 335 g/mol. The highest BCUT2D eigenvalue weighted by molar-refractivity contribution is 7.12. The lowest BCUT2D eigenvalue weighted by atomic mass is 10.2. The molecular weight excluding hydrogens is 314 g/mol. The maximum absolute atomic E-state index is 12.7. The third-order valence-electron chi connectivity index (χ3n) is 4.02. The number of amides is 1. The highest BCUT2D eigenvalue weighted by Crippen LogP contribution is 2.22. The van der Waals surface area contributed by atoms with Crippen molar-refractivity contribution in [3.05, 3.63) is 38.0 Å². The van der Waals surface area contributed by atoms with Crippen molar-refractivity contribution in [1.29, 1.82) is 0 Å². The van der Waals surface area contributed by atoms with Crippen LogP contribution >= 0.6 is 22.7 Å². The average Bonchev–Trinajstić information content (AvgIpc) is 3.03. The minimum atomic E-state index is 0.192. The van der Waals surface area contributed by atoms with Gasteiger partial charge in [-0.1, -0.05) is 0 Å². The van der Waals surface area contributed by atoms with E-state index >= 15 is 0 Å². The molecule has 22 heavy (non-hydrogen) atoms. The van der Waals surface area contributed by atoms with E-state index in [1.807, 2.05) is 23.4 Å². The first-order valence-corrected chi connectivity index (χ1v) is 9.35. The second-order valence-electron chi connectivity index (χ2n) is 5.73. The Hall–Kier alpha value is -1.24. The Bertz CT molecular complexity index is 636. The van der Waals surface area contributed by atoms with Crippen LogP contribution in [0.1, 0.15) is 32.2 Å². The van der Waals surface area contributed by atoms with Gasteiger partial charge in [-0.2, -0.15) is 0 Å². The number of hydrogen-bond donors (Lipinski definition) is 0. The fraction of sp³-hybridized carbons (Fsp3) is 0.500. The van der Waals surface area contributed by atoms with E-state index in [-0.39, 0.29) is 5.91 Å². The fourth-order valence-corrected chi connectivity index (χ4v) is 4.36. The van der Waals surface area contributed by atoms with Crippen LogP contribution in [0.3, 0.4) is 0 Å². The first-order valence-electron chi connectivity index (χ1n) is 7.59. The predicted octanol–water partition coefficient (Wildman–Crippen LogP) is 3.17. The Morgan fingerprint density at radius 2 is 2.14 bits per heavy atom. The SMILES string of the molecule is Cc1cc(C(=O)N2CCCN(Cc3cscn3)CC2)c(C)s1. The molecule has 0 bridgehead atoms. The number of carbonyl (C=O) groups is 1. The van der Waals surface area contributed by atoms with Crippen LogP contribution in [-0.4, -0.2) is 46.9 Å². The molecule has 0 aliphatic carbocycles. The summed E-state index contributed by atoms with van der Waals surface area (Å²) in [7, 11) is 0. The van der Waals surface area contributed by atoms with Gasteiger partial charge in [-0.25, -0.2) is 4.98 Å². The molecule has 0 spiro atoms. The maximum Gasteiger partial charge on any atom is 0.255 e. The zero-order chi connectivity index (χ0) is 15.5. The van der Waals surface area contributed by atoms with Crippen LogP contribution in [0.15, 0.2) is 17.0 Å². The van der Waals surface area contributed by atoms with Crippen molar-refractivity contribution in [1.82, 2.24) is 14.8 Å². The molecule has 1 aliphatic rings. The third kappa shape index (κ3) is 3.56. The van der Waals surface area contributed by atoms with Crippen molar-refractivity contribution in [3.8, 4) is 0 Å². The molecule has 3 heterocycles. The minimum absolute atomic E-state index is 0.192. The molecule has 3 rings (SSSR count). The number of aromatic nitrogens is 1. The number of rotatable bonds is 3. The normalized spacial score (nSPS) is 16.7. The van der Waals surface area contributed by atoms with Crippen molar-refractivity contribution in [2.24, 2.45) is 0 Å². The van der Waals surface area contributed by atoms with Gasteiger partial charge in [0.1, 0.15) is 0 Å². The summed E-state index contributed by atoms with van der Waals surface area (Å²) in [6.07, 6.45) is 1.03. The van der Waals surface area contributed by atoms with Gasteiger partial charge >= 0.3 is 0 Å². The highest BCUT2D eigenvalue weighted by atomic mass is 32.1. The summed E-state index contributed by atoms with van der Waals surface area (Å²) >= 11 is 3.34. The lowest BCUT2D eigenvalue weighted by Gasteiger charge is -2.21. The first kappa shape index (κ1) is 15.6. The van der Waals surface area contributed by atoms with E-state index in [1.54, 1.807) is 22.7 Å². The largest absolute Gasteiger partial charge is 0.337 e. The minimum Gasteiger partial charge on any atom is -0.337 e. The zero-order valence-electron chi connectivity index (χ0n) is 13.0. The summed E-state index contributed by atoms with van der Waals surface area (Å²) in [4.78, 5) is 23.8. The van der Waals surface area contributed by atoms with Crippen molar-refractivity contribution < 1.29 is 4.79 Å². The fourth-order valence-electron chi connectivity index (χ4n) is 2.89. The Labute approximate surface area is 139 Å². The van der Waals surface area contributed by atoms with Gasteiger partial charge in [0.25, 0.3) is 5.91 Å². The van der Waals surface area contributed by atoms with E-state index in [1.165, 1.54) is 4.88 Å². The topological polar surface area (TPSA) is 36.4 Å². The molecular formula is C16H21N3OS2. The molecule has 0 N–H and O–H groups in total. The summed E-state index contributed by atoms with van der Waals surface area (Å²) in [5, 5.41) is 2.10. The molecule has 1 saturated heterocycles. The van der Waals surface area contributed by atoms with Crippen LogP contribution < -0.4 is 0 Å². The monoisotopic (exact) mass is 335 g/mol. The summed E-state index contributed by atoms with van der Waals surface area (Å²) in [6.45, 7) is 8.60. The van der Waals surface area contributed by atoms with Gasteiger partial charge < -0.3 is 4.90 Å². The van der Waals surface area contributed by atoms with Crippen LogP contribution in [0.4, 0.5) is 0 Å². The maximum atomic E-state index is 12.7. The lowest BCUT2D eigenvalue weighted by molar-refractivity contribution is 0.0761. The second kappa shape index (κ2) is 6.89. The molecule has 0 radical (unpaired) electrons. The van der Waals surface area contributed by atoms with Gasteiger partial charge in [0.2, 0.25) is 0 Å². The molecule has 2 aromatic rings. The lowest BCUT2D eigenvalue weighted by Crippen LogP contribution is -2.35. The molecule has 4 nitrogen and oxygen atoms in total. The summed E-state index contributed by atoms with van der Waals surface area (Å²) in [5.74, 6) is 0.192. The van der Waals surface area contributed by atoms with Crippen LogP contribution in [0.2, 0.25) is 0 Å². The summed E-state index contributed by atoms with van der Waals surface area (Å²) in [6, 6.07) is 2.03. The first-order chi connectivity index (χ1) is 10.6. The van der Waals surface area contributed by atoms with Gasteiger partial charge in [0.05, 0.1) is 16.8 Å². The molecule has 1 aliphatic heterocycles. The van der Waals surface area contributed by atoms with Crippen molar-refractivity contribution in [2.75, 3.05) is 26.2 Å². The summed E-state index contributed by atoms with van der Waals surface area (Å²) in [5.41, 5.74) is 3.90. The van der Waals surface area contributed by atoms with E-state index in [4.69, 9.17) is 0 Å².